The van der Waals surface area contributed by atoms with Gasteiger partial charge in [0.15, 0.2) is 0 Å². The molecular weight excluding hydrogens is 416 g/mol. The lowest BCUT2D eigenvalue weighted by atomic mass is 10.1. The average molecular weight is 447 g/mol. The summed E-state index contributed by atoms with van der Waals surface area (Å²) < 4.78 is 32.6. The molecule has 0 unspecified atom stereocenters. The van der Waals surface area contributed by atoms with Crippen LogP contribution in [-0.2, 0) is 21.4 Å². The second-order valence-corrected chi connectivity index (χ2v) is 9.50. The number of benzene rings is 2. The topological polar surface area (TPSA) is 91.0 Å². The van der Waals surface area contributed by atoms with Gasteiger partial charge in [-0.05, 0) is 55.9 Å². The molecular formula is C22H30N4O4S. The summed E-state index contributed by atoms with van der Waals surface area (Å²) >= 11 is 0. The zero-order chi connectivity index (χ0) is 22.4. The molecule has 0 aromatic heterocycles. The average Bonchev–Trinajstić information content (AvgIpc) is 2.75. The van der Waals surface area contributed by atoms with Gasteiger partial charge in [0.05, 0.1) is 18.0 Å². The van der Waals surface area contributed by atoms with E-state index in [0.717, 1.165) is 38.3 Å². The van der Waals surface area contributed by atoms with Crippen LogP contribution in [0.5, 0.6) is 5.75 Å². The van der Waals surface area contributed by atoms with Crippen LogP contribution in [0.1, 0.15) is 12.5 Å². The fourth-order valence-electron chi connectivity index (χ4n) is 3.37. The van der Waals surface area contributed by atoms with Gasteiger partial charge in [0, 0.05) is 38.4 Å². The number of ether oxygens (including phenoxy) is 1. The molecule has 168 valence electrons. The van der Waals surface area contributed by atoms with E-state index in [2.05, 4.69) is 26.9 Å². The van der Waals surface area contributed by atoms with Crippen LogP contribution in [0.2, 0.25) is 0 Å². The first-order valence-corrected chi connectivity index (χ1v) is 11.7. The van der Waals surface area contributed by atoms with E-state index in [4.69, 9.17) is 4.74 Å². The van der Waals surface area contributed by atoms with E-state index in [1.807, 2.05) is 18.2 Å². The molecule has 1 fully saturated rings. The monoisotopic (exact) mass is 446 g/mol. The third kappa shape index (κ3) is 6.51. The number of carbonyl (C=O) groups is 1. The number of nitrogens with zero attached hydrogens (tertiary/aromatic N) is 2. The minimum Gasteiger partial charge on any atom is -0.497 e. The molecule has 1 aliphatic heterocycles. The predicted molar refractivity (Wildman–Crippen MR) is 121 cm³/mol. The Balaban J connectivity index is 1.58. The molecule has 31 heavy (non-hydrogen) atoms. The number of rotatable bonds is 8. The Morgan fingerprint density at radius 2 is 1.77 bits per heavy atom. The Morgan fingerprint density at radius 1 is 1.10 bits per heavy atom. The Labute approximate surface area is 184 Å². The number of piperazine rings is 1. The molecule has 1 amide bonds. The van der Waals surface area contributed by atoms with Gasteiger partial charge in [-0.15, -0.1) is 0 Å². The van der Waals surface area contributed by atoms with Crippen LogP contribution in [0.4, 0.5) is 5.69 Å². The fraction of sp³-hybridized carbons (Fsp3) is 0.409. The van der Waals surface area contributed by atoms with Crippen LogP contribution in [-0.4, -0.2) is 70.5 Å². The predicted octanol–water partition coefficient (Wildman–Crippen LogP) is 1.75. The van der Waals surface area contributed by atoms with Crippen LogP contribution >= 0.6 is 0 Å². The molecule has 0 bridgehead atoms. The SMILES string of the molecule is COc1ccc(S(=O)(=O)N[C@@H](C)C(=O)Nc2cccc(CN3CCN(C)CC3)c2)cc1. The van der Waals surface area contributed by atoms with Gasteiger partial charge in [0.1, 0.15) is 5.75 Å². The largest absolute Gasteiger partial charge is 0.497 e. The molecule has 3 rings (SSSR count). The van der Waals surface area contributed by atoms with E-state index in [9.17, 15) is 13.2 Å². The van der Waals surface area contributed by atoms with Gasteiger partial charge in [-0.1, -0.05) is 12.1 Å². The van der Waals surface area contributed by atoms with E-state index >= 15 is 0 Å². The number of sulfonamides is 1. The highest BCUT2D eigenvalue weighted by Gasteiger charge is 2.22. The Bertz CT molecular complexity index is 987. The van der Waals surface area contributed by atoms with Gasteiger partial charge in [0.25, 0.3) is 0 Å². The van der Waals surface area contributed by atoms with Crippen LogP contribution in [0.3, 0.4) is 0 Å². The first-order valence-electron chi connectivity index (χ1n) is 10.2. The number of nitrogens with one attached hydrogen (secondary N) is 2. The lowest BCUT2D eigenvalue weighted by Crippen LogP contribution is -2.43. The van der Waals surface area contributed by atoms with Crippen molar-refractivity contribution in [3.8, 4) is 5.75 Å². The number of hydrogen-bond donors (Lipinski definition) is 2. The lowest BCUT2D eigenvalue weighted by molar-refractivity contribution is -0.117. The van der Waals surface area contributed by atoms with Crippen molar-refractivity contribution in [2.24, 2.45) is 0 Å². The summed E-state index contributed by atoms with van der Waals surface area (Å²) in [5, 5.41) is 2.81. The minimum absolute atomic E-state index is 0.0714. The highest BCUT2D eigenvalue weighted by atomic mass is 32.2. The van der Waals surface area contributed by atoms with Crippen molar-refractivity contribution < 1.29 is 17.9 Å². The van der Waals surface area contributed by atoms with Gasteiger partial charge < -0.3 is 15.0 Å². The summed E-state index contributed by atoms with van der Waals surface area (Å²) in [5.41, 5.74) is 1.75. The van der Waals surface area contributed by atoms with Gasteiger partial charge in [0.2, 0.25) is 15.9 Å². The van der Waals surface area contributed by atoms with Crippen molar-refractivity contribution in [3.05, 3.63) is 54.1 Å². The molecule has 0 aliphatic carbocycles. The summed E-state index contributed by atoms with van der Waals surface area (Å²) in [7, 11) is -0.200. The van der Waals surface area contributed by atoms with Crippen LogP contribution < -0.4 is 14.8 Å². The van der Waals surface area contributed by atoms with Crippen molar-refractivity contribution in [2.75, 3.05) is 45.7 Å². The quantitative estimate of drug-likeness (QED) is 0.642. The van der Waals surface area contributed by atoms with Gasteiger partial charge in [-0.2, -0.15) is 4.72 Å². The van der Waals surface area contributed by atoms with Crippen molar-refractivity contribution in [3.63, 3.8) is 0 Å². The zero-order valence-electron chi connectivity index (χ0n) is 18.2. The molecule has 1 atom stereocenters. The summed E-state index contributed by atoms with van der Waals surface area (Å²) in [5.74, 6) is 0.134. The highest BCUT2D eigenvalue weighted by molar-refractivity contribution is 7.89. The molecule has 2 aromatic rings. The zero-order valence-corrected chi connectivity index (χ0v) is 19.0. The van der Waals surface area contributed by atoms with E-state index in [0.29, 0.717) is 11.4 Å². The normalized spacial score (nSPS) is 16.6. The third-order valence-corrected chi connectivity index (χ3v) is 6.85. The second kappa shape index (κ2) is 10.2. The van der Waals surface area contributed by atoms with Crippen molar-refractivity contribution >= 4 is 21.6 Å². The van der Waals surface area contributed by atoms with Crippen molar-refractivity contribution in [1.82, 2.24) is 14.5 Å². The summed E-state index contributed by atoms with van der Waals surface area (Å²) in [6.07, 6.45) is 0. The number of hydrogen-bond acceptors (Lipinski definition) is 6. The smallest absolute Gasteiger partial charge is 0.242 e. The summed E-state index contributed by atoms with van der Waals surface area (Å²) in [4.78, 5) is 17.3. The lowest BCUT2D eigenvalue weighted by Gasteiger charge is -2.32. The van der Waals surface area contributed by atoms with E-state index in [-0.39, 0.29) is 4.90 Å². The molecule has 8 nitrogen and oxygen atoms in total. The third-order valence-electron chi connectivity index (χ3n) is 5.29. The van der Waals surface area contributed by atoms with Crippen LogP contribution in [0, 0.1) is 0 Å². The summed E-state index contributed by atoms with van der Waals surface area (Å²) in [6.45, 7) is 6.45. The molecule has 1 aliphatic rings. The van der Waals surface area contributed by atoms with E-state index in [1.54, 1.807) is 18.2 Å². The first kappa shape index (κ1) is 23.2. The maximum Gasteiger partial charge on any atom is 0.242 e. The number of carbonyl (C=O) groups excluding carboxylic acids is 1. The Kier molecular flexibility index (Phi) is 7.66. The van der Waals surface area contributed by atoms with Crippen molar-refractivity contribution in [1.29, 1.82) is 0 Å². The van der Waals surface area contributed by atoms with Crippen molar-refractivity contribution in [2.45, 2.75) is 24.4 Å². The number of amides is 1. The van der Waals surface area contributed by atoms with E-state index < -0.39 is 22.0 Å². The van der Waals surface area contributed by atoms with Gasteiger partial charge in [-0.25, -0.2) is 8.42 Å². The second-order valence-electron chi connectivity index (χ2n) is 7.79. The highest BCUT2D eigenvalue weighted by Crippen LogP contribution is 2.17. The Morgan fingerprint density at radius 3 is 2.42 bits per heavy atom. The van der Waals surface area contributed by atoms with Crippen LogP contribution in [0.15, 0.2) is 53.4 Å². The van der Waals surface area contributed by atoms with E-state index in [1.165, 1.54) is 26.2 Å². The maximum absolute atomic E-state index is 12.6. The number of methoxy groups -OCH3 is 1. The molecule has 0 spiro atoms. The molecule has 1 saturated heterocycles. The van der Waals surface area contributed by atoms with Crippen LogP contribution in [0.25, 0.3) is 0 Å². The maximum atomic E-state index is 12.6. The molecule has 2 aromatic carbocycles. The molecule has 9 heteroatoms. The number of anilines is 1. The fourth-order valence-corrected chi connectivity index (χ4v) is 4.57. The standard InChI is InChI=1S/C22H30N4O4S/c1-17(24-31(28,29)21-9-7-20(30-3)8-10-21)22(27)23-19-6-4-5-18(15-19)16-26-13-11-25(2)12-14-26/h4-10,15,17,24H,11-14,16H2,1-3H3,(H,23,27)/t17-/m0/s1. The Hall–Kier alpha value is -2.46. The van der Waals surface area contributed by atoms with Gasteiger partial charge in [-0.3, -0.25) is 9.69 Å². The van der Waals surface area contributed by atoms with Gasteiger partial charge >= 0.3 is 0 Å². The minimum atomic E-state index is -3.83. The number of likely N-dealkylation sites (N-methyl/N-ethyl adjacent to an activating group) is 1. The molecule has 1 heterocycles. The summed E-state index contributed by atoms with van der Waals surface area (Å²) in [6, 6.07) is 12.7. The first-order chi connectivity index (χ1) is 14.8. The molecule has 2 N–H and O–H groups in total. The molecule has 0 radical (unpaired) electrons. The molecule has 0 saturated carbocycles.